The van der Waals surface area contributed by atoms with Crippen LogP contribution in [-0.4, -0.2) is 11.2 Å². The highest BCUT2D eigenvalue weighted by Crippen LogP contribution is 2.31. The van der Waals surface area contributed by atoms with Crippen molar-refractivity contribution in [2.45, 2.75) is 38.2 Å². The molecule has 0 heterocycles. The number of rotatable bonds is 4. The third kappa shape index (κ3) is 3.22. The van der Waals surface area contributed by atoms with Gasteiger partial charge in [0.2, 0.25) is 0 Å². The van der Waals surface area contributed by atoms with Gasteiger partial charge in [-0.2, -0.15) is 0 Å². The Morgan fingerprint density at radius 1 is 1.27 bits per heavy atom. The van der Waals surface area contributed by atoms with E-state index in [9.17, 15) is 5.11 Å². The molecule has 0 radical (unpaired) electrons. The minimum absolute atomic E-state index is 0.184. The molecule has 1 aliphatic rings. The van der Waals surface area contributed by atoms with Crippen LogP contribution in [0.5, 0.6) is 0 Å². The van der Waals surface area contributed by atoms with Gasteiger partial charge in [-0.25, -0.2) is 0 Å². The van der Waals surface area contributed by atoms with E-state index < -0.39 is 0 Å². The summed E-state index contributed by atoms with van der Waals surface area (Å²) in [7, 11) is 0. The lowest BCUT2D eigenvalue weighted by Crippen LogP contribution is -2.20. The van der Waals surface area contributed by atoms with Crippen LogP contribution in [0.25, 0.3) is 0 Å². The van der Waals surface area contributed by atoms with Crippen LogP contribution in [0.15, 0.2) is 24.3 Å². The topological polar surface area (TPSA) is 20.2 Å². The number of hydrogen-bond acceptors (Lipinski definition) is 1. The van der Waals surface area contributed by atoms with Crippen molar-refractivity contribution >= 4 is 11.6 Å². The summed E-state index contributed by atoms with van der Waals surface area (Å²) in [4.78, 5) is 0. The molecule has 0 bridgehead atoms. The average Bonchev–Trinajstić information content (AvgIpc) is 2.16. The number of halogens is 1. The zero-order valence-electron chi connectivity index (χ0n) is 8.82. The van der Waals surface area contributed by atoms with Gasteiger partial charge in [0, 0.05) is 5.02 Å². The minimum Gasteiger partial charge on any atom is -0.393 e. The molecule has 1 aromatic rings. The second-order valence-electron chi connectivity index (χ2n) is 4.52. The molecule has 1 N–H and O–H groups in total. The van der Waals surface area contributed by atoms with Crippen molar-refractivity contribution in [3.8, 4) is 0 Å². The van der Waals surface area contributed by atoms with E-state index in [1.54, 1.807) is 0 Å². The maximum Gasteiger partial charge on any atom is 0.0583 e. The maximum absolute atomic E-state index is 9.87. The molecule has 0 spiro atoms. The molecule has 0 saturated heterocycles. The second kappa shape index (κ2) is 5.00. The first-order valence-electron chi connectivity index (χ1n) is 5.66. The molecule has 1 aliphatic carbocycles. The van der Waals surface area contributed by atoms with Crippen molar-refractivity contribution < 1.29 is 5.11 Å². The summed E-state index contributed by atoms with van der Waals surface area (Å²) in [5.41, 5.74) is 1.17. The summed E-state index contributed by atoms with van der Waals surface area (Å²) >= 11 is 5.80. The highest BCUT2D eigenvalue weighted by atomic mass is 35.5. The van der Waals surface area contributed by atoms with Gasteiger partial charge in [0.25, 0.3) is 0 Å². The molecule has 15 heavy (non-hydrogen) atoms. The summed E-state index contributed by atoms with van der Waals surface area (Å²) in [6.45, 7) is 0. The van der Waals surface area contributed by atoms with Crippen LogP contribution >= 0.6 is 11.6 Å². The Hall–Kier alpha value is -0.530. The highest BCUT2D eigenvalue weighted by molar-refractivity contribution is 6.30. The molecule has 0 aromatic heterocycles. The molecule has 1 aromatic carbocycles. The number of aliphatic hydroxyl groups is 1. The van der Waals surface area contributed by atoms with Crippen molar-refractivity contribution in [1.82, 2.24) is 0 Å². The van der Waals surface area contributed by atoms with Gasteiger partial charge in [0.15, 0.2) is 0 Å². The van der Waals surface area contributed by atoms with Crippen molar-refractivity contribution in [2.24, 2.45) is 5.92 Å². The van der Waals surface area contributed by atoms with E-state index in [2.05, 4.69) is 0 Å². The van der Waals surface area contributed by atoms with Crippen molar-refractivity contribution in [1.29, 1.82) is 0 Å². The van der Waals surface area contributed by atoms with E-state index in [1.807, 2.05) is 24.3 Å². The largest absolute Gasteiger partial charge is 0.393 e. The monoisotopic (exact) mass is 224 g/mol. The molecule has 2 heteroatoms. The van der Waals surface area contributed by atoms with E-state index in [1.165, 1.54) is 24.8 Å². The molecule has 1 unspecified atom stereocenters. The summed E-state index contributed by atoms with van der Waals surface area (Å²) in [6, 6.07) is 7.75. The lowest BCUT2D eigenvalue weighted by molar-refractivity contribution is 0.118. The minimum atomic E-state index is -0.184. The van der Waals surface area contributed by atoms with Crippen LogP contribution in [0.1, 0.15) is 31.2 Å². The van der Waals surface area contributed by atoms with Gasteiger partial charge in [-0.15, -0.1) is 0 Å². The number of aliphatic hydroxyl groups excluding tert-OH is 1. The van der Waals surface area contributed by atoms with Gasteiger partial charge in [0.1, 0.15) is 0 Å². The first kappa shape index (κ1) is 11.0. The Bertz CT molecular complexity index is 303. The summed E-state index contributed by atoms with van der Waals surface area (Å²) < 4.78 is 0. The maximum atomic E-state index is 9.87. The lowest BCUT2D eigenvalue weighted by Gasteiger charge is -2.27. The first-order valence-corrected chi connectivity index (χ1v) is 6.04. The van der Waals surface area contributed by atoms with Crippen LogP contribution in [0.4, 0.5) is 0 Å². The van der Waals surface area contributed by atoms with E-state index >= 15 is 0 Å². The summed E-state index contributed by atoms with van der Waals surface area (Å²) in [6.07, 6.45) is 5.49. The van der Waals surface area contributed by atoms with Gasteiger partial charge in [0.05, 0.1) is 6.10 Å². The van der Waals surface area contributed by atoms with E-state index in [4.69, 9.17) is 11.6 Å². The number of hydrogen-bond donors (Lipinski definition) is 1. The fourth-order valence-electron chi connectivity index (χ4n) is 2.09. The van der Waals surface area contributed by atoms with Crippen LogP contribution in [0.3, 0.4) is 0 Å². The molecule has 1 fully saturated rings. The van der Waals surface area contributed by atoms with Gasteiger partial charge >= 0.3 is 0 Å². The summed E-state index contributed by atoms with van der Waals surface area (Å²) in [5, 5.41) is 10.6. The predicted molar refractivity (Wildman–Crippen MR) is 63.1 cm³/mol. The molecule has 2 rings (SSSR count). The summed E-state index contributed by atoms with van der Waals surface area (Å²) in [5.74, 6) is 0.771. The smallest absolute Gasteiger partial charge is 0.0583 e. The second-order valence-corrected chi connectivity index (χ2v) is 4.95. The Kier molecular flexibility index (Phi) is 3.66. The Labute approximate surface area is 96.1 Å². The Morgan fingerprint density at radius 3 is 2.47 bits per heavy atom. The quantitative estimate of drug-likeness (QED) is 0.831. The van der Waals surface area contributed by atoms with Gasteiger partial charge < -0.3 is 5.11 Å². The predicted octanol–water partition coefficient (Wildman–Crippen LogP) is 3.43. The zero-order valence-corrected chi connectivity index (χ0v) is 9.58. The van der Waals surface area contributed by atoms with Crippen LogP contribution < -0.4 is 0 Å². The third-order valence-corrected chi connectivity index (χ3v) is 3.47. The lowest BCUT2D eigenvalue weighted by atomic mass is 9.80. The fraction of sp³-hybridized carbons (Fsp3) is 0.538. The fourth-order valence-corrected chi connectivity index (χ4v) is 2.22. The zero-order chi connectivity index (χ0) is 10.7. The van der Waals surface area contributed by atoms with Crippen LogP contribution in [-0.2, 0) is 6.42 Å². The van der Waals surface area contributed by atoms with Crippen LogP contribution in [0.2, 0.25) is 5.02 Å². The van der Waals surface area contributed by atoms with Gasteiger partial charge in [-0.3, -0.25) is 0 Å². The third-order valence-electron chi connectivity index (χ3n) is 3.21. The van der Waals surface area contributed by atoms with Gasteiger partial charge in [-0.1, -0.05) is 43.0 Å². The van der Waals surface area contributed by atoms with E-state index in [0.29, 0.717) is 0 Å². The molecule has 82 valence electrons. The van der Waals surface area contributed by atoms with Crippen molar-refractivity contribution in [3.63, 3.8) is 0 Å². The van der Waals surface area contributed by atoms with Crippen LogP contribution in [0, 0.1) is 5.92 Å². The highest BCUT2D eigenvalue weighted by Gasteiger charge is 2.20. The standard InChI is InChI=1S/C13H17ClO/c14-12-6-4-11(5-7-12)9-13(15)8-10-2-1-3-10/h4-7,10,13,15H,1-3,8-9H2. The van der Waals surface area contributed by atoms with E-state index in [0.717, 1.165) is 23.8 Å². The molecule has 1 saturated carbocycles. The van der Waals surface area contributed by atoms with Crippen molar-refractivity contribution in [2.75, 3.05) is 0 Å². The molecular weight excluding hydrogens is 208 g/mol. The SMILES string of the molecule is OC(Cc1ccc(Cl)cc1)CC1CCC1. The number of benzene rings is 1. The Balaban J connectivity index is 1.82. The molecule has 0 amide bonds. The molecule has 0 aliphatic heterocycles. The Morgan fingerprint density at radius 2 is 1.93 bits per heavy atom. The first-order chi connectivity index (χ1) is 7.24. The van der Waals surface area contributed by atoms with Crippen molar-refractivity contribution in [3.05, 3.63) is 34.9 Å². The molecule has 1 atom stereocenters. The normalized spacial score (nSPS) is 18.5. The van der Waals surface area contributed by atoms with Gasteiger partial charge in [-0.05, 0) is 36.5 Å². The molecule has 1 nitrogen and oxygen atoms in total. The van der Waals surface area contributed by atoms with E-state index in [-0.39, 0.29) is 6.10 Å². The average molecular weight is 225 g/mol. The molecular formula is C13H17ClO.